The summed E-state index contributed by atoms with van der Waals surface area (Å²) >= 11 is 0. The number of hydrogen-bond donors (Lipinski definition) is 0. The van der Waals surface area contributed by atoms with E-state index in [0.717, 1.165) is 23.7 Å². The fraction of sp³-hybridized carbons (Fsp3) is 0.360. The summed E-state index contributed by atoms with van der Waals surface area (Å²) in [6.45, 7) is 4.45. The largest absolute Gasteiger partial charge is 0.485 e. The lowest BCUT2D eigenvalue weighted by atomic mass is 9.97. The molecule has 0 saturated carbocycles. The molecule has 0 aliphatic carbocycles. The van der Waals surface area contributed by atoms with Crippen LogP contribution in [0.15, 0.2) is 60.8 Å². The predicted octanol–water partition coefficient (Wildman–Crippen LogP) is 4.69. The zero-order valence-electron chi connectivity index (χ0n) is 17.6. The molecular weight excluding hydrogens is 376 g/mol. The van der Waals surface area contributed by atoms with Gasteiger partial charge in [-0.1, -0.05) is 36.4 Å². The molecule has 0 bridgehead atoms. The summed E-state index contributed by atoms with van der Waals surface area (Å²) in [4.78, 5) is 28.0. The summed E-state index contributed by atoms with van der Waals surface area (Å²) in [5.74, 6) is 0.675. The quantitative estimate of drug-likeness (QED) is 0.560. The fourth-order valence-electron chi connectivity index (χ4n) is 4.48. The molecule has 5 nitrogen and oxygen atoms in total. The molecule has 2 heterocycles. The molecule has 1 aliphatic rings. The van der Waals surface area contributed by atoms with Crippen LogP contribution in [0.4, 0.5) is 0 Å². The standard InChI is InChI=1S/C25H28N2O3/c1-18-9-8-10-19(2)27(18)25(29)16-26-15-22(21-13-6-7-14-23(21)26)24(28)17-30-20-11-4-3-5-12-20/h3-7,11-15,18-19H,8-10,16-17H2,1-2H3/t18-,19+. The third-order valence-electron chi connectivity index (χ3n) is 5.99. The fourth-order valence-corrected chi connectivity index (χ4v) is 4.48. The van der Waals surface area contributed by atoms with Crippen molar-refractivity contribution < 1.29 is 14.3 Å². The van der Waals surface area contributed by atoms with Crippen LogP contribution in [0.1, 0.15) is 43.5 Å². The van der Waals surface area contributed by atoms with Crippen LogP contribution in [0.25, 0.3) is 10.9 Å². The van der Waals surface area contributed by atoms with Gasteiger partial charge in [0, 0.05) is 34.7 Å². The number of piperidine rings is 1. The minimum Gasteiger partial charge on any atom is -0.485 e. The number of Topliss-reactive ketones (excluding diaryl/α,β-unsaturated/α-hetero) is 1. The van der Waals surface area contributed by atoms with Crippen LogP contribution in [-0.2, 0) is 11.3 Å². The van der Waals surface area contributed by atoms with Gasteiger partial charge in [0.1, 0.15) is 12.3 Å². The summed E-state index contributed by atoms with van der Waals surface area (Å²) in [5, 5.41) is 0.853. The normalized spacial score (nSPS) is 19.1. The Morgan fingerprint density at radius 2 is 1.63 bits per heavy atom. The first-order chi connectivity index (χ1) is 14.5. The molecule has 0 unspecified atom stereocenters. The molecule has 0 radical (unpaired) electrons. The second-order valence-corrected chi connectivity index (χ2v) is 8.14. The highest BCUT2D eigenvalue weighted by Gasteiger charge is 2.29. The van der Waals surface area contributed by atoms with Crippen molar-refractivity contribution in [2.24, 2.45) is 0 Å². The number of likely N-dealkylation sites (tertiary alicyclic amines) is 1. The highest BCUT2D eigenvalue weighted by atomic mass is 16.5. The average molecular weight is 405 g/mol. The monoisotopic (exact) mass is 404 g/mol. The van der Waals surface area contributed by atoms with E-state index in [9.17, 15) is 9.59 Å². The lowest BCUT2D eigenvalue weighted by Gasteiger charge is -2.39. The maximum atomic E-state index is 13.1. The van der Waals surface area contributed by atoms with E-state index in [2.05, 4.69) is 13.8 Å². The number of hydrogen-bond acceptors (Lipinski definition) is 3. The smallest absolute Gasteiger partial charge is 0.242 e. The van der Waals surface area contributed by atoms with Gasteiger partial charge in [-0.05, 0) is 51.3 Å². The van der Waals surface area contributed by atoms with Gasteiger partial charge in [0.2, 0.25) is 11.7 Å². The SMILES string of the molecule is C[C@@H]1CCC[C@H](C)N1C(=O)Cn1cc(C(=O)COc2ccccc2)c2ccccc21. The molecule has 0 N–H and O–H groups in total. The zero-order chi connectivity index (χ0) is 21.1. The Balaban J connectivity index is 1.56. The Morgan fingerprint density at radius 3 is 2.37 bits per heavy atom. The van der Waals surface area contributed by atoms with Crippen molar-refractivity contribution in [3.63, 3.8) is 0 Å². The molecule has 4 rings (SSSR count). The second-order valence-electron chi connectivity index (χ2n) is 8.14. The maximum Gasteiger partial charge on any atom is 0.242 e. The zero-order valence-corrected chi connectivity index (χ0v) is 17.6. The number of fused-ring (bicyclic) bond motifs is 1. The van der Waals surface area contributed by atoms with Crippen molar-refractivity contribution in [1.82, 2.24) is 9.47 Å². The minimum absolute atomic E-state index is 0.0356. The molecule has 156 valence electrons. The van der Waals surface area contributed by atoms with Gasteiger partial charge in [0.25, 0.3) is 0 Å². The predicted molar refractivity (Wildman–Crippen MR) is 118 cm³/mol. The van der Waals surface area contributed by atoms with Gasteiger partial charge in [0.05, 0.1) is 0 Å². The van der Waals surface area contributed by atoms with Gasteiger partial charge in [-0.3, -0.25) is 9.59 Å². The maximum absolute atomic E-state index is 13.1. The van der Waals surface area contributed by atoms with Crippen LogP contribution < -0.4 is 4.74 Å². The van der Waals surface area contributed by atoms with Crippen LogP contribution in [0.5, 0.6) is 5.75 Å². The van der Waals surface area contributed by atoms with Gasteiger partial charge in [-0.25, -0.2) is 0 Å². The number of carbonyl (C=O) groups is 2. The first kappa shape index (κ1) is 20.2. The highest BCUT2D eigenvalue weighted by molar-refractivity contribution is 6.09. The second kappa shape index (κ2) is 8.74. The molecule has 30 heavy (non-hydrogen) atoms. The molecule has 3 aromatic rings. The van der Waals surface area contributed by atoms with Crippen molar-refractivity contribution in [2.45, 2.75) is 51.7 Å². The van der Waals surface area contributed by atoms with Gasteiger partial charge in [0.15, 0.2) is 6.61 Å². The Kier molecular flexibility index (Phi) is 5.88. The van der Waals surface area contributed by atoms with Crippen LogP contribution in [0, 0.1) is 0 Å². The minimum atomic E-state index is -0.0963. The van der Waals surface area contributed by atoms with Crippen molar-refractivity contribution in [2.75, 3.05) is 6.61 Å². The highest BCUT2D eigenvalue weighted by Crippen LogP contribution is 2.25. The molecular formula is C25H28N2O3. The third kappa shape index (κ3) is 4.11. The summed E-state index contributed by atoms with van der Waals surface area (Å²) in [6, 6.07) is 17.6. The average Bonchev–Trinajstić information content (AvgIpc) is 3.11. The van der Waals surface area contributed by atoms with E-state index < -0.39 is 0 Å². The molecule has 1 aromatic heterocycles. The van der Waals surface area contributed by atoms with E-state index in [4.69, 9.17) is 4.74 Å². The van der Waals surface area contributed by atoms with Gasteiger partial charge >= 0.3 is 0 Å². The third-order valence-corrected chi connectivity index (χ3v) is 5.99. The Bertz CT molecular complexity index is 1030. The van der Waals surface area contributed by atoms with Crippen LogP contribution in [0.3, 0.4) is 0 Å². The number of amides is 1. The number of aromatic nitrogens is 1. The summed E-state index contributed by atoms with van der Waals surface area (Å²) in [7, 11) is 0. The molecule has 2 aromatic carbocycles. The lowest BCUT2D eigenvalue weighted by Crippen LogP contribution is -2.48. The number of benzene rings is 2. The van der Waals surface area contributed by atoms with Crippen molar-refractivity contribution in [3.8, 4) is 5.75 Å². The van der Waals surface area contributed by atoms with Crippen LogP contribution in [0.2, 0.25) is 0 Å². The van der Waals surface area contributed by atoms with E-state index in [1.54, 1.807) is 6.20 Å². The van der Waals surface area contributed by atoms with E-state index >= 15 is 0 Å². The van der Waals surface area contributed by atoms with Crippen molar-refractivity contribution >= 4 is 22.6 Å². The number of nitrogens with zero attached hydrogens (tertiary/aromatic N) is 2. The number of rotatable bonds is 6. The van der Waals surface area contributed by atoms with Gasteiger partial charge < -0.3 is 14.2 Å². The van der Waals surface area contributed by atoms with E-state index in [0.29, 0.717) is 11.3 Å². The molecule has 1 amide bonds. The van der Waals surface area contributed by atoms with Gasteiger partial charge in [-0.2, -0.15) is 0 Å². The first-order valence-electron chi connectivity index (χ1n) is 10.6. The number of ketones is 1. The topological polar surface area (TPSA) is 51.5 Å². The summed E-state index contributed by atoms with van der Waals surface area (Å²) < 4.78 is 7.56. The molecule has 5 heteroatoms. The molecule has 0 spiro atoms. The molecule has 1 aliphatic heterocycles. The Labute approximate surface area is 177 Å². The summed E-state index contributed by atoms with van der Waals surface area (Å²) in [6.07, 6.45) is 5.06. The Morgan fingerprint density at radius 1 is 0.967 bits per heavy atom. The van der Waals surface area contributed by atoms with E-state index in [-0.39, 0.29) is 36.9 Å². The van der Waals surface area contributed by atoms with Crippen molar-refractivity contribution in [3.05, 3.63) is 66.4 Å². The van der Waals surface area contributed by atoms with Crippen molar-refractivity contribution in [1.29, 1.82) is 0 Å². The molecule has 1 fully saturated rings. The van der Waals surface area contributed by atoms with Crippen LogP contribution in [-0.4, -0.2) is 39.8 Å². The van der Waals surface area contributed by atoms with Gasteiger partial charge in [-0.15, -0.1) is 0 Å². The van der Waals surface area contributed by atoms with E-state index in [1.807, 2.05) is 64.1 Å². The van der Waals surface area contributed by atoms with E-state index in [1.165, 1.54) is 6.42 Å². The van der Waals surface area contributed by atoms with Crippen LogP contribution >= 0.6 is 0 Å². The number of ether oxygens (including phenoxy) is 1. The number of para-hydroxylation sites is 2. The summed E-state index contributed by atoms with van der Waals surface area (Å²) in [5.41, 5.74) is 1.49. The molecule has 1 saturated heterocycles. The first-order valence-corrected chi connectivity index (χ1v) is 10.6. The lowest BCUT2D eigenvalue weighted by molar-refractivity contribution is -0.137. The number of carbonyl (C=O) groups excluding carboxylic acids is 2. The molecule has 2 atom stereocenters. The Hall–Kier alpha value is -3.08.